The first-order chi connectivity index (χ1) is 13.5. The average molecular weight is 398 g/mol. The molecule has 0 spiro atoms. The molecule has 0 radical (unpaired) electrons. The Hall–Kier alpha value is -2.93. The summed E-state index contributed by atoms with van der Waals surface area (Å²) in [6.07, 6.45) is 1.82. The fourth-order valence-corrected chi connectivity index (χ4v) is 3.72. The Balaban J connectivity index is 1.79. The Bertz CT molecular complexity index is 977. The molecule has 28 heavy (non-hydrogen) atoms. The highest BCUT2D eigenvalue weighted by Crippen LogP contribution is 2.29. The third-order valence-corrected chi connectivity index (χ3v) is 5.29. The number of nitrogens with one attached hydrogen (secondary N) is 1. The van der Waals surface area contributed by atoms with Gasteiger partial charge in [-0.15, -0.1) is 6.58 Å². The lowest BCUT2D eigenvalue weighted by Crippen LogP contribution is -2.23. The number of methoxy groups -OCH3 is 2. The van der Waals surface area contributed by atoms with Gasteiger partial charge in [-0.1, -0.05) is 30.0 Å². The van der Waals surface area contributed by atoms with E-state index in [0.29, 0.717) is 23.7 Å². The SMILES string of the molecule is C=CCn1c(SC(C)C(=O)Nc2cc(OC)cc(OC)c2)nc2ccccc21. The standard InChI is InChI=1S/C21H23N3O3S/c1-5-10-24-19-9-7-6-8-18(19)23-21(24)28-14(2)20(25)22-15-11-16(26-3)13-17(12-15)27-4/h5-9,11-14H,1,10H2,2-4H3,(H,22,25). The molecule has 0 bridgehead atoms. The van der Waals surface area contributed by atoms with Crippen molar-refractivity contribution in [2.75, 3.05) is 19.5 Å². The number of amides is 1. The number of hydrogen-bond donors (Lipinski definition) is 1. The van der Waals surface area contributed by atoms with E-state index in [4.69, 9.17) is 9.47 Å². The first kappa shape index (κ1) is 19.8. The average Bonchev–Trinajstić information content (AvgIpc) is 3.05. The van der Waals surface area contributed by atoms with Gasteiger partial charge in [0.2, 0.25) is 5.91 Å². The number of para-hydroxylation sites is 2. The monoisotopic (exact) mass is 397 g/mol. The number of benzene rings is 2. The van der Waals surface area contributed by atoms with Gasteiger partial charge in [0.1, 0.15) is 11.5 Å². The van der Waals surface area contributed by atoms with Crippen molar-refractivity contribution >= 4 is 34.4 Å². The van der Waals surface area contributed by atoms with Crippen LogP contribution in [0.15, 0.2) is 60.3 Å². The Morgan fingerprint density at radius 2 is 1.93 bits per heavy atom. The van der Waals surface area contributed by atoms with Gasteiger partial charge in [-0.25, -0.2) is 4.98 Å². The first-order valence-corrected chi connectivity index (χ1v) is 9.70. The van der Waals surface area contributed by atoms with Crippen LogP contribution in [0.3, 0.4) is 0 Å². The summed E-state index contributed by atoms with van der Waals surface area (Å²) in [5, 5.41) is 3.35. The summed E-state index contributed by atoms with van der Waals surface area (Å²) >= 11 is 1.41. The lowest BCUT2D eigenvalue weighted by Gasteiger charge is -2.14. The molecule has 6 nitrogen and oxygen atoms in total. The van der Waals surface area contributed by atoms with Gasteiger partial charge in [-0.2, -0.15) is 0 Å². The van der Waals surface area contributed by atoms with E-state index in [0.717, 1.165) is 16.2 Å². The van der Waals surface area contributed by atoms with Crippen LogP contribution >= 0.6 is 11.8 Å². The van der Waals surface area contributed by atoms with Crippen LogP contribution in [-0.4, -0.2) is 34.9 Å². The van der Waals surface area contributed by atoms with Gasteiger partial charge < -0.3 is 19.4 Å². The minimum Gasteiger partial charge on any atom is -0.497 e. The van der Waals surface area contributed by atoms with Crippen molar-refractivity contribution < 1.29 is 14.3 Å². The number of carbonyl (C=O) groups is 1. The molecule has 0 aliphatic carbocycles. The number of allylic oxidation sites excluding steroid dienone is 1. The highest BCUT2D eigenvalue weighted by molar-refractivity contribution is 8.00. The molecule has 1 heterocycles. The first-order valence-electron chi connectivity index (χ1n) is 8.82. The molecule has 1 atom stereocenters. The molecule has 146 valence electrons. The van der Waals surface area contributed by atoms with Crippen LogP contribution in [0.4, 0.5) is 5.69 Å². The van der Waals surface area contributed by atoms with Crippen molar-refractivity contribution in [1.82, 2.24) is 9.55 Å². The number of carbonyl (C=O) groups excluding carboxylic acids is 1. The van der Waals surface area contributed by atoms with E-state index in [9.17, 15) is 4.79 Å². The van der Waals surface area contributed by atoms with Gasteiger partial charge >= 0.3 is 0 Å². The van der Waals surface area contributed by atoms with E-state index in [1.807, 2.05) is 37.3 Å². The second-order valence-electron chi connectivity index (χ2n) is 6.13. The molecule has 0 aliphatic rings. The summed E-state index contributed by atoms with van der Waals surface area (Å²) in [5.74, 6) is 1.10. The zero-order valence-electron chi connectivity index (χ0n) is 16.1. The molecular formula is C21H23N3O3S. The van der Waals surface area contributed by atoms with Gasteiger partial charge in [0, 0.05) is 30.4 Å². The molecule has 1 N–H and O–H groups in total. The zero-order chi connectivity index (χ0) is 20.1. The molecule has 1 unspecified atom stereocenters. The lowest BCUT2D eigenvalue weighted by molar-refractivity contribution is -0.115. The maximum atomic E-state index is 12.7. The van der Waals surface area contributed by atoms with Gasteiger partial charge in [0.05, 0.1) is 30.5 Å². The number of fused-ring (bicyclic) bond motifs is 1. The maximum Gasteiger partial charge on any atom is 0.237 e. The molecule has 0 fully saturated rings. The Labute approximate surface area is 168 Å². The Morgan fingerprint density at radius 1 is 1.25 bits per heavy atom. The molecule has 2 aromatic carbocycles. The fraction of sp³-hybridized carbons (Fsp3) is 0.238. The third-order valence-electron chi connectivity index (χ3n) is 4.20. The highest BCUT2D eigenvalue weighted by atomic mass is 32.2. The summed E-state index contributed by atoms with van der Waals surface area (Å²) in [6.45, 7) is 6.31. The highest BCUT2D eigenvalue weighted by Gasteiger charge is 2.19. The number of nitrogens with zero attached hydrogens (tertiary/aromatic N) is 2. The van der Waals surface area contributed by atoms with Crippen LogP contribution in [-0.2, 0) is 11.3 Å². The number of imidazole rings is 1. The summed E-state index contributed by atoms with van der Waals surface area (Å²) in [5.41, 5.74) is 2.54. The largest absolute Gasteiger partial charge is 0.497 e. The molecule has 3 rings (SSSR count). The minimum absolute atomic E-state index is 0.127. The Kier molecular flexibility index (Phi) is 6.26. The normalized spacial score (nSPS) is 11.8. The summed E-state index contributed by atoms with van der Waals surface area (Å²) in [4.78, 5) is 17.4. The van der Waals surface area contributed by atoms with E-state index in [1.54, 1.807) is 32.4 Å². The van der Waals surface area contributed by atoms with Gasteiger partial charge in [0.15, 0.2) is 5.16 Å². The van der Waals surface area contributed by atoms with Crippen LogP contribution in [0.1, 0.15) is 6.92 Å². The number of hydrogen-bond acceptors (Lipinski definition) is 5. The summed E-state index contributed by atoms with van der Waals surface area (Å²) in [6, 6.07) is 13.2. The predicted octanol–water partition coefficient (Wildman–Crippen LogP) is 4.36. The summed E-state index contributed by atoms with van der Waals surface area (Å²) in [7, 11) is 3.14. The van der Waals surface area contributed by atoms with E-state index >= 15 is 0 Å². The topological polar surface area (TPSA) is 65.4 Å². The van der Waals surface area contributed by atoms with E-state index in [1.165, 1.54) is 11.8 Å². The fourth-order valence-electron chi connectivity index (χ4n) is 2.78. The molecule has 0 saturated heterocycles. The molecule has 0 saturated carbocycles. The van der Waals surface area contributed by atoms with Crippen LogP contribution < -0.4 is 14.8 Å². The number of ether oxygens (including phenoxy) is 2. The quantitative estimate of drug-likeness (QED) is 0.452. The second kappa shape index (κ2) is 8.84. The molecule has 1 aromatic heterocycles. The molecule has 1 amide bonds. The van der Waals surface area contributed by atoms with Crippen molar-refractivity contribution in [3.63, 3.8) is 0 Å². The second-order valence-corrected chi connectivity index (χ2v) is 7.44. The van der Waals surface area contributed by atoms with Crippen LogP contribution in [0.25, 0.3) is 11.0 Å². The van der Waals surface area contributed by atoms with Gasteiger partial charge in [0.25, 0.3) is 0 Å². The van der Waals surface area contributed by atoms with Gasteiger partial charge in [-0.05, 0) is 19.1 Å². The number of aromatic nitrogens is 2. The minimum atomic E-state index is -0.349. The zero-order valence-corrected chi connectivity index (χ0v) is 17.0. The number of rotatable bonds is 8. The smallest absolute Gasteiger partial charge is 0.237 e. The number of thioether (sulfide) groups is 1. The third kappa shape index (κ3) is 4.31. The van der Waals surface area contributed by atoms with Crippen molar-refractivity contribution in [3.05, 3.63) is 55.1 Å². The van der Waals surface area contributed by atoms with E-state index in [-0.39, 0.29) is 11.2 Å². The maximum absolute atomic E-state index is 12.7. The van der Waals surface area contributed by atoms with Crippen LogP contribution in [0, 0.1) is 0 Å². The molecular weight excluding hydrogens is 374 g/mol. The van der Waals surface area contributed by atoms with Crippen molar-refractivity contribution in [2.45, 2.75) is 23.9 Å². The summed E-state index contributed by atoms with van der Waals surface area (Å²) < 4.78 is 12.6. The lowest BCUT2D eigenvalue weighted by atomic mass is 10.2. The molecule has 0 aliphatic heterocycles. The van der Waals surface area contributed by atoms with E-state index in [2.05, 4.69) is 21.4 Å². The van der Waals surface area contributed by atoms with Crippen LogP contribution in [0.2, 0.25) is 0 Å². The number of anilines is 1. The molecule has 7 heteroatoms. The Morgan fingerprint density at radius 3 is 2.57 bits per heavy atom. The molecule has 3 aromatic rings. The van der Waals surface area contributed by atoms with Crippen molar-refractivity contribution in [3.8, 4) is 11.5 Å². The van der Waals surface area contributed by atoms with Crippen LogP contribution in [0.5, 0.6) is 11.5 Å². The predicted molar refractivity (Wildman–Crippen MR) is 113 cm³/mol. The van der Waals surface area contributed by atoms with E-state index < -0.39 is 0 Å². The van der Waals surface area contributed by atoms with Crippen molar-refractivity contribution in [1.29, 1.82) is 0 Å². The van der Waals surface area contributed by atoms with Gasteiger partial charge in [-0.3, -0.25) is 4.79 Å². The van der Waals surface area contributed by atoms with Crippen molar-refractivity contribution in [2.24, 2.45) is 0 Å².